The highest BCUT2D eigenvalue weighted by atomic mass is 32.2. The average molecular weight is 529 g/mol. The molecule has 2 aliphatic rings. The van der Waals surface area contributed by atoms with Crippen LogP contribution in [0.5, 0.6) is 0 Å². The summed E-state index contributed by atoms with van der Waals surface area (Å²) in [6.45, 7) is 0.168. The van der Waals surface area contributed by atoms with E-state index in [4.69, 9.17) is 10.6 Å². The van der Waals surface area contributed by atoms with Crippen molar-refractivity contribution >= 4 is 62.8 Å². The van der Waals surface area contributed by atoms with Gasteiger partial charge < -0.3 is 25.8 Å². The first-order valence-electron chi connectivity index (χ1n) is 10.6. The Kier molecular flexibility index (Phi) is 6.09. The summed E-state index contributed by atoms with van der Waals surface area (Å²) in [5.41, 5.74) is 7.70. The number of rotatable bonds is 7. The number of carbonyl (C=O) groups excluding carboxylic acids is 3. The molecule has 0 saturated carbocycles. The second-order valence-corrected chi connectivity index (χ2v) is 9.95. The third-order valence-electron chi connectivity index (χ3n) is 5.78. The number of benzene rings is 1. The Morgan fingerprint density at radius 2 is 2.17 bits per heavy atom. The van der Waals surface area contributed by atoms with E-state index in [1.54, 1.807) is 21.8 Å². The van der Waals surface area contributed by atoms with Crippen LogP contribution in [0, 0.1) is 0 Å². The molecule has 0 spiro atoms. The van der Waals surface area contributed by atoms with Crippen LogP contribution in [-0.2, 0) is 32.8 Å². The number of thioether (sulfide) groups is 1. The summed E-state index contributed by atoms with van der Waals surface area (Å²) < 4.78 is 3.38. The molecule has 2 aliphatic heterocycles. The molecular formula is C21H20N8O5S2. The number of anilines is 1. The van der Waals surface area contributed by atoms with E-state index >= 15 is 0 Å². The van der Waals surface area contributed by atoms with Crippen molar-refractivity contribution in [1.82, 2.24) is 25.1 Å². The average Bonchev–Trinajstić information content (AvgIpc) is 3.43. The van der Waals surface area contributed by atoms with Gasteiger partial charge in [0.15, 0.2) is 21.9 Å². The molecule has 4 heterocycles. The Morgan fingerprint density at radius 1 is 1.39 bits per heavy atom. The molecule has 186 valence electrons. The van der Waals surface area contributed by atoms with Crippen LogP contribution in [-0.4, -0.2) is 67.6 Å². The molecule has 1 saturated heterocycles. The maximum Gasteiger partial charge on any atom is 0.276 e. The number of amides is 2. The number of nitrogens with one attached hydrogen (secondary N) is 1. The van der Waals surface area contributed by atoms with Crippen LogP contribution in [0.2, 0.25) is 0 Å². The Bertz CT molecular complexity index is 1460. The van der Waals surface area contributed by atoms with Gasteiger partial charge in [-0.3, -0.25) is 14.5 Å². The SMILES string of the molecule is CO/N=C(/C(=O)NC1C(=O)N2C(C(=O)[O-])=C(Cn3n[n+](C)c4ccccc43)CSC12)c1csc(N)n1. The number of nitrogens with zero attached hydrogens (tertiary/aromatic N) is 6. The van der Waals surface area contributed by atoms with Crippen LogP contribution in [0.25, 0.3) is 11.0 Å². The lowest BCUT2D eigenvalue weighted by atomic mass is 10.0. The van der Waals surface area contributed by atoms with E-state index in [0.717, 1.165) is 27.3 Å². The summed E-state index contributed by atoms with van der Waals surface area (Å²) in [4.78, 5) is 48.0. The topological polar surface area (TPSA) is 172 Å². The number of fused-ring (bicyclic) bond motifs is 2. The minimum atomic E-state index is -1.46. The lowest BCUT2D eigenvalue weighted by molar-refractivity contribution is -0.709. The minimum Gasteiger partial charge on any atom is -0.543 e. The van der Waals surface area contributed by atoms with E-state index in [2.05, 4.69) is 20.7 Å². The number of carbonyl (C=O) groups is 3. The molecule has 2 amide bonds. The Balaban J connectivity index is 1.38. The van der Waals surface area contributed by atoms with Crippen molar-refractivity contribution < 1.29 is 29.0 Å². The molecule has 2 unspecified atom stereocenters. The van der Waals surface area contributed by atoms with E-state index in [0.29, 0.717) is 11.3 Å². The molecule has 3 aromatic rings. The van der Waals surface area contributed by atoms with Crippen LogP contribution in [0.15, 0.2) is 46.1 Å². The maximum absolute atomic E-state index is 13.0. The van der Waals surface area contributed by atoms with Crippen molar-refractivity contribution in [2.24, 2.45) is 12.2 Å². The van der Waals surface area contributed by atoms with Crippen LogP contribution in [0.1, 0.15) is 5.69 Å². The Morgan fingerprint density at radius 3 is 2.86 bits per heavy atom. The third-order valence-corrected chi connectivity index (χ3v) is 7.79. The zero-order chi connectivity index (χ0) is 25.6. The number of nitrogen functional groups attached to an aromatic ring is 1. The Labute approximate surface area is 212 Å². The molecule has 0 radical (unpaired) electrons. The number of hydrogen-bond donors (Lipinski definition) is 2. The number of nitrogens with two attached hydrogens (primary N) is 1. The van der Waals surface area contributed by atoms with E-state index in [9.17, 15) is 19.5 Å². The van der Waals surface area contributed by atoms with Crippen molar-refractivity contribution in [2.75, 3.05) is 18.6 Å². The van der Waals surface area contributed by atoms with Gasteiger partial charge >= 0.3 is 0 Å². The fourth-order valence-electron chi connectivity index (χ4n) is 4.21. The first-order valence-corrected chi connectivity index (χ1v) is 12.6. The fourth-order valence-corrected chi connectivity index (χ4v) is 6.09. The zero-order valence-corrected chi connectivity index (χ0v) is 20.7. The molecule has 1 aromatic carbocycles. The first kappa shape index (κ1) is 23.7. The number of aliphatic carboxylic acids is 1. The minimum absolute atomic E-state index is 0.146. The number of oxime groups is 1. The summed E-state index contributed by atoms with van der Waals surface area (Å²) >= 11 is 2.47. The molecular weight excluding hydrogens is 508 g/mol. The number of carboxylic acid groups (broad SMARTS) is 1. The number of aromatic nitrogens is 4. The monoisotopic (exact) mass is 528 g/mol. The van der Waals surface area contributed by atoms with Crippen LogP contribution in [0.3, 0.4) is 0 Å². The summed E-state index contributed by atoms with van der Waals surface area (Å²) in [6.07, 6.45) is 0. The lowest BCUT2D eigenvalue weighted by Gasteiger charge is -2.50. The molecule has 13 nitrogen and oxygen atoms in total. The van der Waals surface area contributed by atoms with Crippen molar-refractivity contribution in [3.63, 3.8) is 0 Å². The highest BCUT2D eigenvalue weighted by molar-refractivity contribution is 8.00. The summed E-state index contributed by atoms with van der Waals surface area (Å²) in [6, 6.07) is 6.59. The maximum atomic E-state index is 13.0. The summed E-state index contributed by atoms with van der Waals surface area (Å²) in [7, 11) is 3.07. The largest absolute Gasteiger partial charge is 0.543 e. The molecule has 1 fully saturated rings. The van der Waals surface area contributed by atoms with Gasteiger partial charge in [0.1, 0.15) is 37.8 Å². The second kappa shape index (κ2) is 9.23. The predicted molar refractivity (Wildman–Crippen MR) is 128 cm³/mol. The van der Waals surface area contributed by atoms with Crippen LogP contribution in [0.4, 0.5) is 5.13 Å². The number of carboxylic acids is 1. The van der Waals surface area contributed by atoms with Gasteiger partial charge in [0, 0.05) is 16.7 Å². The van der Waals surface area contributed by atoms with Gasteiger partial charge in [0.2, 0.25) is 0 Å². The molecule has 3 N–H and O–H groups in total. The van der Waals surface area contributed by atoms with E-state index in [1.807, 2.05) is 24.3 Å². The number of aryl methyl sites for hydroxylation is 1. The van der Waals surface area contributed by atoms with E-state index in [1.165, 1.54) is 18.9 Å². The van der Waals surface area contributed by atoms with Gasteiger partial charge in [-0.05, 0) is 12.1 Å². The quantitative estimate of drug-likeness (QED) is 0.158. The molecule has 5 rings (SSSR count). The van der Waals surface area contributed by atoms with Gasteiger partial charge in [-0.15, -0.1) is 32.5 Å². The van der Waals surface area contributed by atoms with E-state index in [-0.39, 0.29) is 28.8 Å². The van der Waals surface area contributed by atoms with Crippen molar-refractivity contribution in [3.8, 4) is 0 Å². The standard InChI is InChI=1S/C21H20N8O5S2/c1-27-12-5-3-4-6-13(12)28(26-27)7-10-8-35-19-15(18(31)29(19)16(10)20(32)33)24-17(30)14(25-34-2)11-9-36-21(22)23-11/h3-6,9,15,19H,7-8H2,1-2H3,(H3-,22,23,24,30,32,33)/b25-14+. The zero-order valence-electron chi connectivity index (χ0n) is 19.1. The highest BCUT2D eigenvalue weighted by Gasteiger charge is 2.53. The predicted octanol–water partition coefficient (Wildman–Crippen LogP) is -1.65. The molecule has 36 heavy (non-hydrogen) atoms. The van der Waals surface area contributed by atoms with Crippen LogP contribution >= 0.6 is 23.1 Å². The van der Waals surface area contributed by atoms with Gasteiger partial charge in [0.25, 0.3) is 11.8 Å². The first-order chi connectivity index (χ1) is 17.3. The van der Waals surface area contributed by atoms with Gasteiger partial charge in [-0.2, -0.15) is 0 Å². The van der Waals surface area contributed by atoms with E-state index < -0.39 is 29.2 Å². The third kappa shape index (κ3) is 3.95. The number of para-hydroxylation sites is 2. The van der Waals surface area contributed by atoms with Crippen LogP contribution < -0.4 is 20.8 Å². The molecule has 0 aliphatic carbocycles. The molecule has 0 bridgehead atoms. The highest BCUT2D eigenvalue weighted by Crippen LogP contribution is 2.40. The number of β-lactam (4-membered cyclic amide) rings is 1. The summed E-state index contributed by atoms with van der Waals surface area (Å²) in [5.74, 6) is -2.42. The van der Waals surface area contributed by atoms with Crippen molar-refractivity contribution in [2.45, 2.75) is 18.0 Å². The molecule has 2 aromatic heterocycles. The van der Waals surface area contributed by atoms with Crippen molar-refractivity contribution in [1.29, 1.82) is 0 Å². The van der Waals surface area contributed by atoms with Gasteiger partial charge in [0.05, 0.1) is 16.9 Å². The normalized spacial score (nSPS) is 19.8. The lowest BCUT2D eigenvalue weighted by Crippen LogP contribution is -2.71. The fraction of sp³-hybridized carbons (Fsp3) is 0.286. The Hall–Kier alpha value is -3.98. The molecule has 15 heteroatoms. The summed E-state index contributed by atoms with van der Waals surface area (Å²) in [5, 5.41) is 24.1. The van der Waals surface area contributed by atoms with Gasteiger partial charge in [-0.1, -0.05) is 17.3 Å². The molecule has 2 atom stereocenters. The smallest absolute Gasteiger partial charge is 0.276 e. The number of thiazole rings is 1. The second-order valence-electron chi connectivity index (χ2n) is 7.95. The van der Waals surface area contributed by atoms with Gasteiger partial charge in [-0.25, -0.2) is 4.98 Å². The van der Waals surface area contributed by atoms with Crippen molar-refractivity contribution in [3.05, 3.63) is 46.6 Å². The number of hydrogen-bond acceptors (Lipinski definition) is 11.